The summed E-state index contributed by atoms with van der Waals surface area (Å²) in [5.74, 6) is 3.66. The molecule has 0 aromatic carbocycles. The van der Waals surface area contributed by atoms with Crippen LogP contribution in [0.15, 0.2) is 0 Å². The molecular weight excluding hydrogens is 380 g/mol. The van der Waals surface area contributed by atoms with Gasteiger partial charge in [0.2, 0.25) is 5.91 Å². The van der Waals surface area contributed by atoms with Crippen LogP contribution in [0.5, 0.6) is 0 Å². The standard InChI is InChI=1S/C23H32N4OS/c1-14(28)26-9-11-27(12-10-26)21-19-17-8-7-16(23(2,3)4)13-18(17)29-22(19)25-20(24-21)15-5-6-15/h15-16H,5-13H2,1-4H3. The molecular formula is C23H32N4OS. The van der Waals surface area contributed by atoms with Crippen molar-refractivity contribution in [1.82, 2.24) is 14.9 Å². The number of amides is 1. The first-order chi connectivity index (χ1) is 13.8. The van der Waals surface area contributed by atoms with Gasteiger partial charge in [0.1, 0.15) is 16.5 Å². The zero-order valence-corrected chi connectivity index (χ0v) is 18.9. The van der Waals surface area contributed by atoms with Crippen molar-refractivity contribution in [3.63, 3.8) is 0 Å². The molecule has 29 heavy (non-hydrogen) atoms. The maximum absolute atomic E-state index is 11.8. The van der Waals surface area contributed by atoms with Crippen molar-refractivity contribution in [3.8, 4) is 0 Å². The fraction of sp³-hybridized carbons (Fsp3) is 0.696. The highest BCUT2D eigenvalue weighted by molar-refractivity contribution is 7.19. The molecule has 1 aliphatic heterocycles. The molecule has 5 nitrogen and oxygen atoms in total. The van der Waals surface area contributed by atoms with E-state index in [0.717, 1.165) is 50.2 Å². The molecule has 1 atom stereocenters. The van der Waals surface area contributed by atoms with E-state index in [1.807, 2.05) is 16.2 Å². The van der Waals surface area contributed by atoms with Crippen molar-refractivity contribution < 1.29 is 4.79 Å². The average Bonchev–Trinajstić information content (AvgIpc) is 3.47. The summed E-state index contributed by atoms with van der Waals surface area (Å²) in [6.07, 6.45) is 6.02. The van der Waals surface area contributed by atoms with Crippen LogP contribution in [0.25, 0.3) is 10.2 Å². The highest BCUT2D eigenvalue weighted by atomic mass is 32.1. The van der Waals surface area contributed by atoms with Crippen molar-refractivity contribution in [1.29, 1.82) is 0 Å². The maximum Gasteiger partial charge on any atom is 0.219 e. The summed E-state index contributed by atoms with van der Waals surface area (Å²) >= 11 is 1.92. The highest BCUT2D eigenvalue weighted by Gasteiger charge is 2.35. The van der Waals surface area contributed by atoms with Crippen LogP contribution in [0.4, 0.5) is 5.82 Å². The van der Waals surface area contributed by atoms with E-state index >= 15 is 0 Å². The van der Waals surface area contributed by atoms with E-state index in [2.05, 4.69) is 25.7 Å². The molecule has 3 aliphatic rings. The Morgan fingerprint density at radius 2 is 1.79 bits per heavy atom. The summed E-state index contributed by atoms with van der Waals surface area (Å²) in [5.41, 5.74) is 1.86. The number of rotatable bonds is 2. The van der Waals surface area contributed by atoms with E-state index < -0.39 is 0 Å². The van der Waals surface area contributed by atoms with Gasteiger partial charge in [-0.1, -0.05) is 20.8 Å². The van der Waals surface area contributed by atoms with Crippen molar-refractivity contribution in [2.75, 3.05) is 31.1 Å². The van der Waals surface area contributed by atoms with Crippen LogP contribution in [0.3, 0.4) is 0 Å². The Morgan fingerprint density at radius 3 is 2.41 bits per heavy atom. The smallest absolute Gasteiger partial charge is 0.219 e. The van der Waals surface area contributed by atoms with Gasteiger partial charge in [-0.2, -0.15) is 0 Å². The molecule has 5 rings (SSSR count). The van der Waals surface area contributed by atoms with E-state index in [1.54, 1.807) is 6.92 Å². The van der Waals surface area contributed by atoms with Crippen LogP contribution in [-0.2, 0) is 17.6 Å². The normalized spacial score (nSPS) is 22.8. The van der Waals surface area contributed by atoms with Gasteiger partial charge in [0, 0.05) is 43.9 Å². The minimum atomic E-state index is 0.178. The Labute approximate surface area is 177 Å². The quantitative estimate of drug-likeness (QED) is 0.734. The van der Waals surface area contributed by atoms with E-state index in [4.69, 9.17) is 9.97 Å². The second-order valence-electron chi connectivity index (χ2n) is 10.2. The molecule has 0 bridgehead atoms. The summed E-state index contributed by atoms with van der Waals surface area (Å²) < 4.78 is 0. The van der Waals surface area contributed by atoms with Gasteiger partial charge in [-0.25, -0.2) is 9.97 Å². The average molecular weight is 413 g/mol. The second-order valence-corrected chi connectivity index (χ2v) is 11.2. The molecule has 6 heteroatoms. The largest absolute Gasteiger partial charge is 0.352 e. The number of aromatic nitrogens is 2. The number of piperazine rings is 1. The van der Waals surface area contributed by atoms with Gasteiger partial charge in [0.15, 0.2) is 0 Å². The number of carbonyl (C=O) groups is 1. The lowest BCUT2D eigenvalue weighted by atomic mass is 9.72. The monoisotopic (exact) mass is 412 g/mol. The van der Waals surface area contributed by atoms with Gasteiger partial charge in [-0.3, -0.25) is 4.79 Å². The van der Waals surface area contributed by atoms with Crippen LogP contribution in [0, 0.1) is 11.3 Å². The fourth-order valence-corrected chi connectivity index (χ4v) is 6.20. The molecule has 1 amide bonds. The summed E-state index contributed by atoms with van der Waals surface area (Å²) in [6, 6.07) is 0. The van der Waals surface area contributed by atoms with Crippen molar-refractivity contribution >= 4 is 33.3 Å². The van der Waals surface area contributed by atoms with Gasteiger partial charge >= 0.3 is 0 Å². The molecule has 2 aromatic rings. The molecule has 0 radical (unpaired) electrons. The summed E-state index contributed by atoms with van der Waals surface area (Å²) in [7, 11) is 0. The first-order valence-corrected chi connectivity index (χ1v) is 12.0. The Bertz CT molecular complexity index is 948. The SMILES string of the molecule is CC(=O)N1CCN(c2nc(C3CC3)nc3sc4c(c23)CCC(C(C)(C)C)C4)CC1. The third-order valence-corrected chi connectivity index (χ3v) is 8.25. The van der Waals surface area contributed by atoms with Gasteiger partial charge in [0.05, 0.1) is 5.39 Å². The van der Waals surface area contributed by atoms with Crippen LogP contribution >= 0.6 is 11.3 Å². The highest BCUT2D eigenvalue weighted by Crippen LogP contribution is 2.47. The number of aryl methyl sites for hydroxylation is 1. The number of hydrogen-bond acceptors (Lipinski definition) is 5. The Morgan fingerprint density at radius 1 is 1.07 bits per heavy atom. The third kappa shape index (κ3) is 3.54. The zero-order chi connectivity index (χ0) is 20.3. The molecule has 3 heterocycles. The Hall–Kier alpha value is -1.69. The van der Waals surface area contributed by atoms with Crippen LogP contribution in [0.2, 0.25) is 0 Å². The predicted octanol–water partition coefficient (Wildman–Crippen LogP) is 4.39. The maximum atomic E-state index is 11.8. The van der Waals surface area contributed by atoms with Crippen molar-refractivity contribution in [2.24, 2.45) is 11.3 Å². The molecule has 2 aliphatic carbocycles. The molecule has 2 aromatic heterocycles. The summed E-state index contributed by atoms with van der Waals surface area (Å²) in [6.45, 7) is 12.1. The van der Waals surface area contributed by atoms with Gasteiger partial charge in [0.25, 0.3) is 0 Å². The Kier molecular flexibility index (Phi) is 4.61. The molecule has 2 fully saturated rings. The first kappa shape index (κ1) is 19.3. The molecule has 1 saturated carbocycles. The lowest BCUT2D eigenvalue weighted by Gasteiger charge is -2.36. The van der Waals surface area contributed by atoms with Crippen LogP contribution in [0.1, 0.15) is 69.1 Å². The zero-order valence-electron chi connectivity index (χ0n) is 18.1. The fourth-order valence-electron chi connectivity index (χ4n) is 4.90. The van der Waals surface area contributed by atoms with Gasteiger partial charge in [-0.15, -0.1) is 11.3 Å². The number of nitrogens with zero attached hydrogens (tertiary/aromatic N) is 4. The van der Waals surface area contributed by atoms with Crippen LogP contribution in [-0.4, -0.2) is 47.0 Å². The molecule has 0 N–H and O–H groups in total. The van der Waals surface area contributed by atoms with E-state index in [1.165, 1.54) is 46.3 Å². The minimum Gasteiger partial charge on any atom is -0.352 e. The minimum absolute atomic E-state index is 0.178. The summed E-state index contributed by atoms with van der Waals surface area (Å²) in [4.78, 5) is 29.0. The number of thiophene rings is 1. The summed E-state index contributed by atoms with van der Waals surface area (Å²) in [5, 5.41) is 1.32. The number of carbonyl (C=O) groups excluding carboxylic acids is 1. The second kappa shape index (κ2) is 6.93. The van der Waals surface area contributed by atoms with Crippen molar-refractivity contribution in [2.45, 2.75) is 65.7 Å². The van der Waals surface area contributed by atoms with Crippen molar-refractivity contribution in [3.05, 3.63) is 16.3 Å². The van der Waals surface area contributed by atoms with E-state index in [0.29, 0.717) is 11.3 Å². The van der Waals surface area contributed by atoms with Gasteiger partial charge in [-0.05, 0) is 49.0 Å². The topological polar surface area (TPSA) is 49.3 Å². The molecule has 1 saturated heterocycles. The number of fused-ring (bicyclic) bond motifs is 3. The molecule has 1 unspecified atom stereocenters. The number of anilines is 1. The van der Waals surface area contributed by atoms with E-state index in [-0.39, 0.29) is 5.91 Å². The molecule has 156 valence electrons. The Balaban J connectivity index is 1.54. The lowest BCUT2D eigenvalue weighted by Crippen LogP contribution is -2.48. The van der Waals surface area contributed by atoms with E-state index in [9.17, 15) is 4.79 Å². The number of hydrogen-bond donors (Lipinski definition) is 0. The van der Waals surface area contributed by atoms with Crippen LogP contribution < -0.4 is 4.90 Å². The first-order valence-electron chi connectivity index (χ1n) is 11.1. The third-order valence-electron chi connectivity index (χ3n) is 7.10. The predicted molar refractivity (Wildman–Crippen MR) is 119 cm³/mol. The molecule has 0 spiro atoms. The van der Waals surface area contributed by atoms with Gasteiger partial charge < -0.3 is 9.80 Å². The lowest BCUT2D eigenvalue weighted by molar-refractivity contribution is -0.129.